The van der Waals surface area contributed by atoms with E-state index in [1.54, 1.807) is 54.6 Å². The monoisotopic (exact) mass is 609 g/mol. The predicted molar refractivity (Wildman–Crippen MR) is 168 cm³/mol. The molecule has 0 heterocycles. The van der Waals surface area contributed by atoms with Crippen molar-refractivity contribution in [1.29, 1.82) is 0 Å². The standard InChI is InChI=1S/C36H32ClNO6/c37-29-14-16-30(17-15-29)44-31-7-3-6-27(21-31)32(22-33(39)28-13-8-23-4-1-2-5-26(23)20-28)35(42)24-9-11-25(12-10-24)36(43)38-19-18-34(40)41/h3,6-17,20-21,32H,1-2,4-5,18-19,22H2,(H,38,43)(H,40,41). The molecule has 1 aliphatic rings. The Hall–Kier alpha value is -4.75. The van der Waals surface area contributed by atoms with Crippen LogP contribution in [0.25, 0.3) is 0 Å². The first-order valence-corrected chi connectivity index (χ1v) is 15.0. The zero-order valence-corrected chi connectivity index (χ0v) is 24.8. The van der Waals surface area contributed by atoms with Gasteiger partial charge in [-0.15, -0.1) is 0 Å². The zero-order chi connectivity index (χ0) is 31.1. The molecular formula is C36H32ClNO6. The number of carboxylic acid groups (broad SMARTS) is 1. The summed E-state index contributed by atoms with van der Waals surface area (Å²) < 4.78 is 6.01. The number of Topliss-reactive ketones (excluding diaryl/α,β-unsaturated/α-hetero) is 2. The van der Waals surface area contributed by atoms with Crippen LogP contribution in [0.2, 0.25) is 5.02 Å². The van der Waals surface area contributed by atoms with Crippen LogP contribution in [-0.2, 0) is 17.6 Å². The van der Waals surface area contributed by atoms with Gasteiger partial charge >= 0.3 is 5.97 Å². The molecule has 0 radical (unpaired) electrons. The molecule has 0 fully saturated rings. The Morgan fingerprint density at radius 3 is 2.18 bits per heavy atom. The minimum Gasteiger partial charge on any atom is -0.481 e. The van der Waals surface area contributed by atoms with Crippen LogP contribution in [0.3, 0.4) is 0 Å². The summed E-state index contributed by atoms with van der Waals surface area (Å²) in [7, 11) is 0. The maximum Gasteiger partial charge on any atom is 0.305 e. The Balaban J connectivity index is 1.41. The SMILES string of the molecule is O=C(O)CCNC(=O)c1ccc(C(=O)C(CC(=O)c2ccc3c(c2)CCCC3)c2cccc(Oc3ccc(Cl)cc3)c2)cc1. The second-order valence-corrected chi connectivity index (χ2v) is 11.3. The van der Waals surface area contributed by atoms with E-state index in [2.05, 4.69) is 5.32 Å². The largest absolute Gasteiger partial charge is 0.481 e. The van der Waals surface area contributed by atoms with E-state index >= 15 is 0 Å². The molecule has 224 valence electrons. The molecule has 5 rings (SSSR count). The van der Waals surface area contributed by atoms with Gasteiger partial charge in [0.15, 0.2) is 11.6 Å². The van der Waals surface area contributed by atoms with Crippen LogP contribution in [0, 0.1) is 0 Å². The van der Waals surface area contributed by atoms with Crippen molar-refractivity contribution in [2.75, 3.05) is 6.54 Å². The number of aliphatic carboxylic acids is 1. The number of nitrogens with one attached hydrogen (secondary N) is 1. The number of carbonyl (C=O) groups excluding carboxylic acids is 3. The number of ether oxygens (including phenoxy) is 1. The summed E-state index contributed by atoms with van der Waals surface area (Å²) in [5, 5.41) is 11.9. The molecule has 1 aliphatic carbocycles. The van der Waals surface area contributed by atoms with Gasteiger partial charge in [-0.2, -0.15) is 0 Å². The normalized spacial score (nSPS) is 12.9. The summed E-state index contributed by atoms with van der Waals surface area (Å²) in [6.07, 6.45) is 3.97. The van der Waals surface area contributed by atoms with Crippen molar-refractivity contribution in [3.8, 4) is 11.5 Å². The van der Waals surface area contributed by atoms with Gasteiger partial charge in [0.2, 0.25) is 0 Å². The van der Waals surface area contributed by atoms with E-state index in [4.69, 9.17) is 21.4 Å². The van der Waals surface area contributed by atoms with E-state index in [0.29, 0.717) is 38.8 Å². The van der Waals surface area contributed by atoms with Crippen LogP contribution < -0.4 is 10.1 Å². The van der Waals surface area contributed by atoms with Gasteiger partial charge in [-0.25, -0.2) is 0 Å². The Bertz CT molecular complexity index is 1680. The lowest BCUT2D eigenvalue weighted by Gasteiger charge is -2.19. The molecule has 2 N–H and O–H groups in total. The van der Waals surface area contributed by atoms with Crippen molar-refractivity contribution in [2.45, 2.75) is 44.4 Å². The van der Waals surface area contributed by atoms with Gasteiger partial charge in [0.1, 0.15) is 11.5 Å². The van der Waals surface area contributed by atoms with Gasteiger partial charge in [-0.1, -0.05) is 48.0 Å². The quantitative estimate of drug-likeness (QED) is 0.161. The third-order valence-electron chi connectivity index (χ3n) is 7.74. The Kier molecular flexibility index (Phi) is 9.87. The highest BCUT2D eigenvalue weighted by molar-refractivity contribution is 6.30. The second kappa shape index (κ2) is 14.1. The number of ketones is 2. The highest BCUT2D eigenvalue weighted by atomic mass is 35.5. The van der Waals surface area contributed by atoms with E-state index in [1.165, 1.54) is 23.3 Å². The number of hydrogen-bond donors (Lipinski definition) is 2. The molecule has 1 amide bonds. The van der Waals surface area contributed by atoms with Crippen molar-refractivity contribution in [3.05, 3.63) is 129 Å². The zero-order valence-electron chi connectivity index (χ0n) is 24.1. The van der Waals surface area contributed by atoms with E-state index < -0.39 is 17.8 Å². The van der Waals surface area contributed by atoms with Crippen LogP contribution in [-0.4, -0.2) is 35.1 Å². The second-order valence-electron chi connectivity index (χ2n) is 10.8. The molecular weight excluding hydrogens is 578 g/mol. The van der Waals surface area contributed by atoms with Gasteiger partial charge in [-0.3, -0.25) is 19.2 Å². The van der Waals surface area contributed by atoms with Gasteiger partial charge in [-0.05, 0) is 97.0 Å². The molecule has 4 aromatic rings. The third kappa shape index (κ3) is 7.79. The van der Waals surface area contributed by atoms with Crippen molar-refractivity contribution in [3.63, 3.8) is 0 Å². The highest BCUT2D eigenvalue weighted by Crippen LogP contribution is 2.32. The van der Waals surface area contributed by atoms with Gasteiger partial charge < -0.3 is 15.2 Å². The Labute approximate surface area is 260 Å². The molecule has 1 unspecified atom stereocenters. The highest BCUT2D eigenvalue weighted by Gasteiger charge is 2.27. The van der Waals surface area contributed by atoms with Crippen molar-refractivity contribution in [2.24, 2.45) is 0 Å². The average molecular weight is 610 g/mol. The average Bonchev–Trinajstić information content (AvgIpc) is 3.04. The van der Waals surface area contributed by atoms with Crippen LogP contribution in [0.15, 0.2) is 91.0 Å². The van der Waals surface area contributed by atoms with Gasteiger partial charge in [0, 0.05) is 34.7 Å². The topological polar surface area (TPSA) is 110 Å². The van der Waals surface area contributed by atoms with Crippen LogP contribution in [0.5, 0.6) is 11.5 Å². The lowest BCUT2D eigenvalue weighted by molar-refractivity contribution is -0.136. The van der Waals surface area contributed by atoms with Crippen LogP contribution in [0.4, 0.5) is 0 Å². The number of amides is 1. The minimum absolute atomic E-state index is 0.00381. The summed E-state index contributed by atoms with van der Waals surface area (Å²) in [6, 6.07) is 26.1. The summed E-state index contributed by atoms with van der Waals surface area (Å²) in [6.45, 7) is -0.00381. The van der Waals surface area contributed by atoms with Crippen molar-refractivity contribution >= 4 is 35.0 Å². The summed E-state index contributed by atoms with van der Waals surface area (Å²) >= 11 is 6.00. The molecule has 0 saturated heterocycles. The predicted octanol–water partition coefficient (Wildman–Crippen LogP) is 7.46. The van der Waals surface area contributed by atoms with Gasteiger partial charge in [0.25, 0.3) is 5.91 Å². The van der Waals surface area contributed by atoms with Gasteiger partial charge in [0.05, 0.1) is 12.3 Å². The fourth-order valence-corrected chi connectivity index (χ4v) is 5.50. The first-order valence-electron chi connectivity index (χ1n) is 14.6. The van der Waals surface area contributed by atoms with E-state index in [1.807, 2.05) is 24.3 Å². The maximum atomic E-state index is 14.0. The lowest BCUT2D eigenvalue weighted by Crippen LogP contribution is -2.26. The molecule has 0 aliphatic heterocycles. The summed E-state index contributed by atoms with van der Waals surface area (Å²) in [5.41, 5.74) is 4.33. The van der Waals surface area contributed by atoms with E-state index in [0.717, 1.165) is 25.7 Å². The number of aryl methyl sites for hydroxylation is 2. The summed E-state index contributed by atoms with van der Waals surface area (Å²) in [4.78, 5) is 50.8. The number of carbonyl (C=O) groups is 4. The van der Waals surface area contributed by atoms with E-state index in [-0.39, 0.29) is 31.0 Å². The molecule has 0 spiro atoms. The number of fused-ring (bicyclic) bond motifs is 1. The number of benzene rings is 4. The summed E-state index contributed by atoms with van der Waals surface area (Å²) in [5.74, 6) is -1.55. The third-order valence-corrected chi connectivity index (χ3v) is 7.99. The molecule has 0 saturated carbocycles. The molecule has 8 heteroatoms. The number of hydrogen-bond acceptors (Lipinski definition) is 5. The van der Waals surface area contributed by atoms with Crippen molar-refractivity contribution in [1.82, 2.24) is 5.32 Å². The van der Waals surface area contributed by atoms with E-state index in [9.17, 15) is 19.2 Å². The van der Waals surface area contributed by atoms with Crippen LogP contribution in [0.1, 0.15) is 79.4 Å². The number of carboxylic acids is 1. The Morgan fingerprint density at radius 2 is 1.45 bits per heavy atom. The minimum atomic E-state index is -1.01. The molecule has 1 atom stereocenters. The molecule has 7 nitrogen and oxygen atoms in total. The number of rotatable bonds is 12. The lowest BCUT2D eigenvalue weighted by atomic mass is 9.84. The van der Waals surface area contributed by atoms with Crippen molar-refractivity contribution < 1.29 is 29.0 Å². The fraction of sp³-hybridized carbons (Fsp3) is 0.222. The maximum absolute atomic E-state index is 14.0. The molecule has 44 heavy (non-hydrogen) atoms. The molecule has 0 aromatic heterocycles. The van der Waals surface area contributed by atoms with Crippen LogP contribution >= 0.6 is 11.6 Å². The smallest absolute Gasteiger partial charge is 0.305 e. The Morgan fingerprint density at radius 1 is 0.773 bits per heavy atom. The first kappa shape index (κ1) is 30.7. The molecule has 4 aromatic carbocycles. The number of halogens is 1. The fourth-order valence-electron chi connectivity index (χ4n) is 5.38. The first-order chi connectivity index (χ1) is 21.3. The molecule has 0 bridgehead atoms.